The molecule has 0 aliphatic heterocycles. The number of hydrogen-bond donors (Lipinski definition) is 6. The number of benzene rings is 4. The Bertz CT molecular complexity index is 1990. The summed E-state index contributed by atoms with van der Waals surface area (Å²) in [6.07, 6.45) is 12.2. The van der Waals surface area contributed by atoms with Crippen molar-refractivity contribution in [1.82, 2.24) is 0 Å². The lowest BCUT2D eigenvalue weighted by Crippen LogP contribution is -2.36. The van der Waals surface area contributed by atoms with Gasteiger partial charge in [-0.3, -0.25) is 15.0 Å². The van der Waals surface area contributed by atoms with Crippen molar-refractivity contribution in [2.75, 3.05) is 30.5 Å². The summed E-state index contributed by atoms with van der Waals surface area (Å²) in [6, 6.07) is 27.6. The molecule has 2 fully saturated rings. The number of nitrogens with zero attached hydrogens (tertiary/aromatic N) is 2. The van der Waals surface area contributed by atoms with Gasteiger partial charge in [0.05, 0.1) is 44.8 Å². The van der Waals surface area contributed by atoms with Crippen LogP contribution in [0.2, 0.25) is 0 Å². The molecule has 0 aromatic heterocycles. The number of nitrogens with one attached hydrogen (secondary N) is 2. The van der Waals surface area contributed by atoms with Crippen LogP contribution < -0.4 is 47.4 Å². The van der Waals surface area contributed by atoms with Gasteiger partial charge in [0.1, 0.15) is 17.2 Å². The topological polar surface area (TPSA) is 217 Å². The van der Waals surface area contributed by atoms with Crippen LogP contribution in [-0.2, 0) is 13.1 Å². The molecule has 2 amide bonds. The summed E-state index contributed by atoms with van der Waals surface area (Å²) in [7, 11) is 1.63. The second-order valence-corrected chi connectivity index (χ2v) is 14.8. The van der Waals surface area contributed by atoms with E-state index in [1.54, 1.807) is 48.4 Å². The van der Waals surface area contributed by atoms with Gasteiger partial charge in [0.25, 0.3) is 0 Å². The first-order valence-electron chi connectivity index (χ1n) is 20.1. The fourth-order valence-electron chi connectivity index (χ4n) is 7.27. The Morgan fingerprint density at radius 2 is 1.26 bits per heavy atom. The molecule has 2 aliphatic carbocycles. The number of rotatable bonds is 15. The number of ether oxygens (including phenoxy) is 3. The van der Waals surface area contributed by atoms with E-state index in [9.17, 15) is 9.59 Å². The second-order valence-electron chi connectivity index (χ2n) is 14.8. The van der Waals surface area contributed by atoms with Gasteiger partial charge in [-0.2, -0.15) is 0 Å². The molecule has 0 saturated heterocycles. The Hall–Kier alpha value is -6.24. The molecule has 4 aromatic carbocycles. The number of hydrogen-bond acceptors (Lipinski definition) is 7. The van der Waals surface area contributed by atoms with Gasteiger partial charge in [0, 0.05) is 16.7 Å². The van der Waals surface area contributed by atoms with Crippen LogP contribution in [0.4, 0.5) is 11.4 Å². The highest BCUT2D eigenvalue weighted by Crippen LogP contribution is 2.33. The van der Waals surface area contributed by atoms with Gasteiger partial charge in [-0.1, -0.05) is 87.1 Å². The summed E-state index contributed by atoms with van der Waals surface area (Å²) in [5, 5.41) is 11.1. The standard InChI is InChI=1S/C23H30N4O3.C22H28N4O2/c1-29-20-10-6-5-9-18(20)14-26-23(25)27-19-12-11-17(22(24)28)13-21(19)30-15-16-7-3-2-4-8-16;23-21(27)18-11-12-19(20(13-18)28-15-17-9-5-2-6-10-17)26(22(24)25)14-16-7-3-1-4-8-16/h5-6,9-13,16H,2-4,7-8,14-15H2,1H3,(H2,24,28)(H3,25,26,27);1,3-4,7-8,11-13,17H,2,5-6,9-10,14-15H2,(H2,23,27)(H3,24,25). The molecule has 4 aromatic rings. The Morgan fingerprint density at radius 1 is 0.707 bits per heavy atom. The van der Waals surface area contributed by atoms with Crippen LogP contribution in [0.25, 0.3) is 0 Å². The molecule has 0 heterocycles. The van der Waals surface area contributed by atoms with Crippen LogP contribution >= 0.6 is 0 Å². The number of aliphatic imine (C=N–C) groups is 1. The highest BCUT2D eigenvalue weighted by Gasteiger charge is 2.21. The van der Waals surface area contributed by atoms with E-state index in [-0.39, 0.29) is 11.9 Å². The van der Waals surface area contributed by atoms with E-state index < -0.39 is 11.8 Å². The van der Waals surface area contributed by atoms with Crippen LogP contribution in [0.1, 0.15) is 96.1 Å². The number of guanidine groups is 2. The molecule has 0 bridgehead atoms. The van der Waals surface area contributed by atoms with E-state index in [0.717, 1.165) is 29.7 Å². The van der Waals surface area contributed by atoms with Crippen LogP contribution in [0.15, 0.2) is 96.0 Å². The summed E-state index contributed by atoms with van der Waals surface area (Å²) in [6.45, 7) is 2.01. The minimum atomic E-state index is -0.508. The van der Waals surface area contributed by atoms with Crippen LogP contribution in [0.5, 0.6) is 17.2 Å². The zero-order valence-electron chi connectivity index (χ0n) is 33.5. The number of nitrogens with two attached hydrogens (primary N) is 4. The number of primary amides is 2. The molecule has 0 spiro atoms. The van der Waals surface area contributed by atoms with Crippen molar-refractivity contribution in [2.24, 2.45) is 39.8 Å². The van der Waals surface area contributed by atoms with E-state index in [0.29, 0.717) is 72.1 Å². The first kappa shape index (κ1) is 42.9. The van der Waals surface area contributed by atoms with Crippen LogP contribution in [0, 0.1) is 17.2 Å². The van der Waals surface area contributed by atoms with Crippen molar-refractivity contribution in [2.45, 2.75) is 77.3 Å². The lowest BCUT2D eigenvalue weighted by Gasteiger charge is -2.27. The summed E-state index contributed by atoms with van der Waals surface area (Å²) in [5.41, 5.74) is 26.9. The van der Waals surface area contributed by atoms with Crippen LogP contribution in [-0.4, -0.2) is 44.1 Å². The highest BCUT2D eigenvalue weighted by molar-refractivity contribution is 5.98. The van der Waals surface area contributed by atoms with Gasteiger partial charge in [-0.15, -0.1) is 0 Å². The van der Waals surface area contributed by atoms with Gasteiger partial charge >= 0.3 is 0 Å². The van der Waals surface area contributed by atoms with Gasteiger partial charge < -0.3 is 47.4 Å². The third kappa shape index (κ3) is 12.9. The summed E-state index contributed by atoms with van der Waals surface area (Å²) < 4.78 is 17.5. The van der Waals surface area contributed by atoms with Crippen molar-refractivity contribution in [3.63, 3.8) is 0 Å². The fraction of sp³-hybridized carbons (Fsp3) is 0.378. The van der Waals surface area contributed by atoms with Gasteiger partial charge in [-0.25, -0.2) is 4.99 Å². The first-order valence-corrected chi connectivity index (χ1v) is 20.1. The maximum atomic E-state index is 11.7. The van der Waals surface area contributed by atoms with E-state index in [2.05, 4.69) is 10.3 Å². The fourth-order valence-corrected chi connectivity index (χ4v) is 7.27. The van der Waals surface area contributed by atoms with E-state index in [1.165, 1.54) is 51.4 Å². The number of methoxy groups -OCH3 is 1. The minimum Gasteiger partial charge on any atom is -0.496 e. The molecule has 58 heavy (non-hydrogen) atoms. The normalized spacial score (nSPS) is 14.7. The van der Waals surface area contributed by atoms with Gasteiger partial charge in [-0.05, 0) is 85.5 Å². The molecule has 0 radical (unpaired) electrons. The van der Waals surface area contributed by atoms with Crippen LogP contribution in [0.3, 0.4) is 0 Å². The van der Waals surface area contributed by atoms with Crippen molar-refractivity contribution in [3.8, 4) is 17.2 Å². The van der Waals surface area contributed by atoms with Gasteiger partial charge in [0.15, 0.2) is 11.9 Å². The molecule has 10 N–H and O–H groups in total. The van der Waals surface area contributed by atoms with E-state index >= 15 is 0 Å². The Balaban J connectivity index is 0.000000221. The number of amides is 2. The molecule has 0 unspecified atom stereocenters. The quantitative estimate of drug-likeness (QED) is 0.0524. The molecule has 308 valence electrons. The lowest BCUT2D eigenvalue weighted by atomic mass is 9.90. The van der Waals surface area contributed by atoms with E-state index in [1.807, 2.05) is 54.6 Å². The maximum Gasteiger partial charge on any atom is 0.248 e. The highest BCUT2D eigenvalue weighted by atomic mass is 16.5. The molecule has 2 saturated carbocycles. The smallest absolute Gasteiger partial charge is 0.248 e. The molecule has 2 aliphatic rings. The third-order valence-electron chi connectivity index (χ3n) is 10.5. The average Bonchev–Trinajstić information content (AvgIpc) is 3.25. The Labute approximate surface area is 341 Å². The number of anilines is 2. The molecular formula is C45H58N8O5. The van der Waals surface area contributed by atoms with Crippen molar-refractivity contribution in [3.05, 3.63) is 113 Å². The maximum absolute atomic E-state index is 11.7. The largest absolute Gasteiger partial charge is 0.496 e. The predicted molar refractivity (Wildman–Crippen MR) is 231 cm³/mol. The second kappa shape index (κ2) is 21.9. The summed E-state index contributed by atoms with van der Waals surface area (Å²) in [4.78, 5) is 29.3. The third-order valence-corrected chi connectivity index (χ3v) is 10.5. The number of para-hydroxylation sites is 1. The molecule has 6 rings (SSSR count). The van der Waals surface area contributed by atoms with E-state index in [4.69, 9.17) is 42.6 Å². The molecular weight excluding hydrogens is 733 g/mol. The Kier molecular flexibility index (Phi) is 16.2. The number of carbonyl (C=O) groups is 2. The van der Waals surface area contributed by atoms with Gasteiger partial charge in [0.2, 0.25) is 11.8 Å². The zero-order valence-corrected chi connectivity index (χ0v) is 33.5. The minimum absolute atomic E-state index is 0.0850. The Morgan fingerprint density at radius 3 is 1.84 bits per heavy atom. The number of carbonyl (C=O) groups excluding carboxylic acids is 2. The predicted octanol–water partition coefficient (Wildman–Crippen LogP) is 7.32. The average molecular weight is 791 g/mol. The SMILES string of the molecule is COc1ccccc1CN=C(N)Nc1ccc(C(N)=O)cc1OCC1CCCCC1.N=C(N)N(Cc1ccccc1)c1ccc(C(N)=O)cc1OCC1CCCCC1. The summed E-state index contributed by atoms with van der Waals surface area (Å²) >= 11 is 0. The molecule has 13 heteroatoms. The van der Waals surface area contributed by atoms with Crippen molar-refractivity contribution < 1.29 is 23.8 Å². The molecule has 0 atom stereocenters. The summed E-state index contributed by atoms with van der Waals surface area (Å²) in [5.74, 6) is 2.04. The zero-order chi connectivity index (χ0) is 41.3. The lowest BCUT2D eigenvalue weighted by molar-refractivity contribution is 0.0991. The van der Waals surface area contributed by atoms with Crippen molar-refractivity contribution in [1.29, 1.82) is 5.41 Å². The van der Waals surface area contributed by atoms with Crippen molar-refractivity contribution >= 4 is 35.1 Å². The monoisotopic (exact) mass is 790 g/mol. The first-order chi connectivity index (χ1) is 28.1. The molecule has 13 nitrogen and oxygen atoms in total.